The smallest absolute Gasteiger partial charge is 0.188 e. The van der Waals surface area contributed by atoms with Crippen molar-refractivity contribution in [3.8, 4) is 0 Å². The van der Waals surface area contributed by atoms with E-state index in [1.807, 2.05) is 24.3 Å². The summed E-state index contributed by atoms with van der Waals surface area (Å²) < 4.78 is 0. The minimum Gasteiger partial charge on any atom is -0.360 e. The van der Waals surface area contributed by atoms with Crippen LogP contribution in [0.2, 0.25) is 0 Å². The zero-order valence-corrected chi connectivity index (χ0v) is 10.1. The zero-order chi connectivity index (χ0) is 13.1. The van der Waals surface area contributed by atoms with Crippen LogP contribution in [-0.4, -0.2) is 20.7 Å². The maximum absolute atomic E-state index is 12.1. The van der Waals surface area contributed by atoms with Crippen molar-refractivity contribution in [2.75, 3.05) is 0 Å². The summed E-state index contributed by atoms with van der Waals surface area (Å²) in [5, 5.41) is 0.932. The Morgan fingerprint density at radius 2 is 1.95 bits per heavy atom. The van der Waals surface area contributed by atoms with Gasteiger partial charge in [-0.3, -0.25) is 4.79 Å². The first-order valence-electron chi connectivity index (χ1n) is 5.88. The number of carbonyl (C=O) groups excluding carboxylic acids is 1. The predicted molar refractivity (Wildman–Crippen MR) is 73.7 cm³/mol. The van der Waals surface area contributed by atoms with Gasteiger partial charge in [-0.2, -0.15) is 0 Å². The van der Waals surface area contributed by atoms with E-state index in [2.05, 4.69) is 15.0 Å². The van der Waals surface area contributed by atoms with Crippen LogP contribution in [0.15, 0.2) is 55.3 Å². The maximum atomic E-state index is 12.1. The number of aromatic amines is 1. The van der Waals surface area contributed by atoms with E-state index >= 15 is 0 Å². The molecule has 2 heterocycles. The third-order valence-corrected chi connectivity index (χ3v) is 2.86. The van der Waals surface area contributed by atoms with E-state index in [4.69, 9.17) is 0 Å². The number of hydrogen-bond acceptors (Lipinski definition) is 3. The Balaban J connectivity index is 1.91. The molecule has 3 rings (SSSR count). The number of rotatable bonds is 3. The highest BCUT2D eigenvalue weighted by Crippen LogP contribution is 2.18. The van der Waals surface area contributed by atoms with Crippen molar-refractivity contribution >= 4 is 22.8 Å². The lowest BCUT2D eigenvalue weighted by Crippen LogP contribution is -1.92. The molecule has 2 aromatic heterocycles. The maximum Gasteiger partial charge on any atom is 0.188 e. The fraction of sp³-hybridized carbons (Fsp3) is 0. The monoisotopic (exact) mass is 249 g/mol. The van der Waals surface area contributed by atoms with Crippen molar-refractivity contribution in [2.45, 2.75) is 0 Å². The number of nitrogens with one attached hydrogen (secondary N) is 1. The molecule has 0 spiro atoms. The van der Waals surface area contributed by atoms with Crippen LogP contribution in [0.3, 0.4) is 0 Å². The SMILES string of the molecule is O=C(/C=C/c1cncnc1)c1c[nH]c2ccccc12. The van der Waals surface area contributed by atoms with Crippen molar-refractivity contribution in [1.82, 2.24) is 15.0 Å². The molecular weight excluding hydrogens is 238 g/mol. The molecule has 0 aliphatic carbocycles. The summed E-state index contributed by atoms with van der Waals surface area (Å²) >= 11 is 0. The predicted octanol–water partition coefficient (Wildman–Crippen LogP) is 2.85. The molecule has 0 saturated heterocycles. The molecule has 0 unspecified atom stereocenters. The highest BCUT2D eigenvalue weighted by molar-refractivity contribution is 6.14. The van der Waals surface area contributed by atoms with Gasteiger partial charge >= 0.3 is 0 Å². The average molecular weight is 249 g/mol. The second-order valence-electron chi connectivity index (χ2n) is 4.12. The topological polar surface area (TPSA) is 58.6 Å². The van der Waals surface area contributed by atoms with E-state index in [0.29, 0.717) is 5.56 Å². The number of hydrogen-bond donors (Lipinski definition) is 1. The first-order chi connectivity index (χ1) is 9.34. The van der Waals surface area contributed by atoms with E-state index in [1.54, 1.807) is 24.7 Å². The van der Waals surface area contributed by atoms with Crippen molar-refractivity contribution < 1.29 is 4.79 Å². The number of allylic oxidation sites excluding steroid dienone is 1. The third kappa shape index (κ3) is 2.28. The molecule has 0 aliphatic heterocycles. The van der Waals surface area contributed by atoms with Gasteiger partial charge in [0.05, 0.1) is 0 Å². The third-order valence-electron chi connectivity index (χ3n) is 2.86. The highest BCUT2D eigenvalue weighted by atomic mass is 16.1. The number of para-hydroxylation sites is 1. The summed E-state index contributed by atoms with van der Waals surface area (Å²) in [6.45, 7) is 0. The summed E-state index contributed by atoms with van der Waals surface area (Å²) in [5.74, 6) is -0.0405. The molecule has 0 aliphatic rings. The second-order valence-corrected chi connectivity index (χ2v) is 4.12. The normalized spacial score (nSPS) is 11.2. The van der Waals surface area contributed by atoms with Crippen molar-refractivity contribution in [1.29, 1.82) is 0 Å². The average Bonchev–Trinajstić information content (AvgIpc) is 2.90. The summed E-state index contributed by atoms with van der Waals surface area (Å²) in [6, 6.07) is 7.73. The number of ketones is 1. The van der Waals surface area contributed by atoms with Crippen LogP contribution < -0.4 is 0 Å². The number of carbonyl (C=O) groups is 1. The quantitative estimate of drug-likeness (QED) is 0.573. The molecule has 92 valence electrons. The Hall–Kier alpha value is -2.75. The van der Waals surface area contributed by atoms with E-state index in [9.17, 15) is 4.79 Å². The van der Waals surface area contributed by atoms with Crippen LogP contribution in [0, 0.1) is 0 Å². The molecule has 19 heavy (non-hydrogen) atoms. The largest absolute Gasteiger partial charge is 0.360 e. The first-order valence-corrected chi connectivity index (χ1v) is 5.88. The number of aromatic nitrogens is 3. The first kappa shape index (κ1) is 11.3. The highest BCUT2D eigenvalue weighted by Gasteiger charge is 2.08. The lowest BCUT2D eigenvalue weighted by atomic mass is 10.1. The van der Waals surface area contributed by atoms with Gasteiger partial charge in [-0.1, -0.05) is 18.2 Å². The Morgan fingerprint density at radius 1 is 1.16 bits per heavy atom. The standard InChI is InChI=1S/C15H11N3O/c19-15(6-5-11-7-16-10-17-8-11)13-9-18-14-4-2-1-3-12(13)14/h1-10,18H/b6-5+. The lowest BCUT2D eigenvalue weighted by molar-refractivity contribution is 0.104. The van der Waals surface area contributed by atoms with Gasteiger partial charge in [-0.05, 0) is 18.2 Å². The van der Waals surface area contributed by atoms with Gasteiger partial charge in [-0.25, -0.2) is 9.97 Å². The number of fused-ring (bicyclic) bond motifs is 1. The molecule has 3 aromatic rings. The molecular formula is C15H11N3O. The van der Waals surface area contributed by atoms with Crippen molar-refractivity contribution in [2.24, 2.45) is 0 Å². The Kier molecular flexibility index (Phi) is 2.90. The van der Waals surface area contributed by atoms with E-state index in [-0.39, 0.29) is 5.78 Å². The van der Waals surface area contributed by atoms with E-state index in [1.165, 1.54) is 12.4 Å². The van der Waals surface area contributed by atoms with Crippen LogP contribution in [0.1, 0.15) is 15.9 Å². The fourth-order valence-electron chi connectivity index (χ4n) is 1.93. The Bertz CT molecular complexity index is 744. The molecule has 0 atom stereocenters. The summed E-state index contributed by atoms with van der Waals surface area (Å²) in [5.41, 5.74) is 2.43. The Morgan fingerprint density at radius 3 is 2.79 bits per heavy atom. The lowest BCUT2D eigenvalue weighted by Gasteiger charge is -1.93. The number of benzene rings is 1. The molecule has 1 N–H and O–H groups in total. The number of nitrogens with zero attached hydrogens (tertiary/aromatic N) is 2. The van der Waals surface area contributed by atoms with Crippen LogP contribution in [-0.2, 0) is 0 Å². The molecule has 1 aromatic carbocycles. The molecule has 0 radical (unpaired) electrons. The fourth-order valence-corrected chi connectivity index (χ4v) is 1.93. The van der Waals surface area contributed by atoms with Crippen molar-refractivity contribution in [3.05, 3.63) is 66.4 Å². The van der Waals surface area contributed by atoms with Crippen LogP contribution in [0.5, 0.6) is 0 Å². The van der Waals surface area contributed by atoms with Gasteiger partial charge in [-0.15, -0.1) is 0 Å². The summed E-state index contributed by atoms with van der Waals surface area (Å²) in [7, 11) is 0. The number of H-pyrrole nitrogens is 1. The van der Waals surface area contributed by atoms with Crippen molar-refractivity contribution in [3.63, 3.8) is 0 Å². The van der Waals surface area contributed by atoms with Crippen LogP contribution in [0.25, 0.3) is 17.0 Å². The zero-order valence-electron chi connectivity index (χ0n) is 10.1. The van der Waals surface area contributed by atoms with Gasteiger partial charge in [0.2, 0.25) is 0 Å². The molecule has 4 nitrogen and oxygen atoms in total. The second kappa shape index (κ2) is 4.86. The minimum atomic E-state index is -0.0405. The molecule has 0 fully saturated rings. The van der Waals surface area contributed by atoms with E-state index in [0.717, 1.165) is 16.5 Å². The van der Waals surface area contributed by atoms with Gasteiger partial charge < -0.3 is 4.98 Å². The van der Waals surface area contributed by atoms with Gasteiger partial charge in [0.15, 0.2) is 5.78 Å². The molecule has 0 saturated carbocycles. The Labute approximate surface area is 109 Å². The van der Waals surface area contributed by atoms with Crippen LogP contribution in [0.4, 0.5) is 0 Å². The van der Waals surface area contributed by atoms with Gasteiger partial charge in [0, 0.05) is 40.6 Å². The van der Waals surface area contributed by atoms with E-state index < -0.39 is 0 Å². The summed E-state index contributed by atoms with van der Waals surface area (Å²) in [4.78, 5) is 23.0. The molecule has 0 bridgehead atoms. The molecule has 4 heteroatoms. The van der Waals surface area contributed by atoms with Crippen LogP contribution >= 0.6 is 0 Å². The summed E-state index contributed by atoms with van der Waals surface area (Å²) in [6.07, 6.45) is 9.76. The molecule has 0 amide bonds. The van der Waals surface area contributed by atoms with Gasteiger partial charge in [0.1, 0.15) is 6.33 Å². The minimum absolute atomic E-state index is 0.0405. The van der Waals surface area contributed by atoms with Gasteiger partial charge in [0.25, 0.3) is 0 Å².